The van der Waals surface area contributed by atoms with Crippen LogP contribution in [0.2, 0.25) is 0 Å². The third kappa shape index (κ3) is 3.80. The van der Waals surface area contributed by atoms with Crippen molar-refractivity contribution in [3.05, 3.63) is 77.4 Å². The third-order valence-corrected chi connectivity index (χ3v) is 4.77. The minimum absolute atomic E-state index is 0.241. The maximum absolute atomic E-state index is 12.7. The minimum Gasteiger partial charge on any atom is -0.495 e. The van der Waals surface area contributed by atoms with Gasteiger partial charge in [-0.2, -0.15) is 0 Å². The molecule has 4 rings (SSSR count). The number of nitrogens with zero attached hydrogens (tertiary/aromatic N) is 4. The van der Waals surface area contributed by atoms with Crippen LogP contribution < -0.4 is 10.1 Å². The summed E-state index contributed by atoms with van der Waals surface area (Å²) in [7, 11) is 1.55. The monoisotopic (exact) mass is 403 g/mol. The second-order valence-electron chi connectivity index (χ2n) is 6.72. The number of aromatic nitrogens is 4. The maximum atomic E-state index is 12.7. The molecule has 0 radical (unpaired) electrons. The van der Waals surface area contributed by atoms with Crippen molar-refractivity contribution in [2.24, 2.45) is 0 Å². The lowest BCUT2D eigenvalue weighted by Gasteiger charge is -2.09. The van der Waals surface area contributed by atoms with Crippen LogP contribution >= 0.6 is 0 Å². The second-order valence-corrected chi connectivity index (χ2v) is 6.72. The van der Waals surface area contributed by atoms with E-state index in [0.29, 0.717) is 35.3 Å². The third-order valence-electron chi connectivity index (χ3n) is 4.77. The molecule has 4 aromatic rings. The van der Waals surface area contributed by atoms with E-state index >= 15 is 0 Å². The molecular weight excluding hydrogens is 382 g/mol. The Balaban J connectivity index is 1.54. The van der Waals surface area contributed by atoms with Gasteiger partial charge in [-0.1, -0.05) is 35.5 Å². The molecule has 0 saturated heterocycles. The molecule has 0 atom stereocenters. The van der Waals surface area contributed by atoms with Crippen molar-refractivity contribution in [2.75, 3.05) is 12.4 Å². The van der Waals surface area contributed by atoms with Crippen LogP contribution in [0.5, 0.6) is 5.75 Å². The lowest BCUT2D eigenvalue weighted by molar-refractivity contribution is 0.102. The summed E-state index contributed by atoms with van der Waals surface area (Å²) in [6.07, 6.45) is 0. The largest absolute Gasteiger partial charge is 0.495 e. The summed E-state index contributed by atoms with van der Waals surface area (Å²) in [5.41, 5.74) is 3.08. The number of carbonyl (C=O) groups excluding carboxylic acids is 1. The van der Waals surface area contributed by atoms with E-state index in [-0.39, 0.29) is 11.6 Å². The SMILES string of the molecule is COc1ccccc1NC(=O)c1nnn(Cc2nc(-c3ccccc3)oc2C)c1C. The van der Waals surface area contributed by atoms with Crippen LogP contribution in [-0.2, 0) is 6.54 Å². The molecular formula is C22H21N5O3. The Morgan fingerprint density at radius 2 is 1.83 bits per heavy atom. The molecule has 30 heavy (non-hydrogen) atoms. The average Bonchev–Trinajstić information content (AvgIpc) is 3.32. The average molecular weight is 403 g/mol. The molecule has 8 nitrogen and oxygen atoms in total. The van der Waals surface area contributed by atoms with Crippen LogP contribution in [0.25, 0.3) is 11.5 Å². The Labute approximate surface area is 173 Å². The van der Waals surface area contributed by atoms with Crippen molar-refractivity contribution < 1.29 is 13.9 Å². The molecule has 2 heterocycles. The Morgan fingerprint density at radius 1 is 1.10 bits per heavy atom. The minimum atomic E-state index is -0.356. The van der Waals surface area contributed by atoms with Gasteiger partial charge < -0.3 is 14.5 Å². The number of hydrogen-bond donors (Lipinski definition) is 1. The van der Waals surface area contributed by atoms with E-state index in [4.69, 9.17) is 9.15 Å². The lowest BCUT2D eigenvalue weighted by atomic mass is 10.2. The zero-order valence-electron chi connectivity index (χ0n) is 16.9. The van der Waals surface area contributed by atoms with Crippen molar-refractivity contribution in [3.63, 3.8) is 0 Å². The molecule has 152 valence electrons. The molecule has 2 aromatic heterocycles. The van der Waals surface area contributed by atoms with E-state index in [9.17, 15) is 4.79 Å². The normalized spacial score (nSPS) is 10.8. The second kappa shape index (κ2) is 8.20. The number of anilines is 1. The highest BCUT2D eigenvalue weighted by Gasteiger charge is 2.20. The quantitative estimate of drug-likeness (QED) is 0.525. The van der Waals surface area contributed by atoms with E-state index in [0.717, 1.165) is 11.3 Å². The molecule has 0 spiro atoms. The molecule has 0 saturated carbocycles. The Kier molecular flexibility index (Phi) is 5.30. The van der Waals surface area contributed by atoms with Crippen LogP contribution in [0.15, 0.2) is 59.0 Å². The highest BCUT2D eigenvalue weighted by Crippen LogP contribution is 2.24. The summed E-state index contributed by atoms with van der Waals surface area (Å²) in [4.78, 5) is 17.3. The number of carbonyl (C=O) groups is 1. The van der Waals surface area contributed by atoms with Crippen LogP contribution in [0, 0.1) is 13.8 Å². The molecule has 0 bridgehead atoms. The van der Waals surface area contributed by atoms with E-state index < -0.39 is 0 Å². The fourth-order valence-corrected chi connectivity index (χ4v) is 3.07. The van der Waals surface area contributed by atoms with Crippen molar-refractivity contribution >= 4 is 11.6 Å². The molecule has 0 fully saturated rings. The molecule has 8 heteroatoms. The Hall–Kier alpha value is -3.94. The number of methoxy groups -OCH3 is 1. The van der Waals surface area contributed by atoms with E-state index in [1.165, 1.54) is 0 Å². The summed E-state index contributed by atoms with van der Waals surface area (Å²) >= 11 is 0. The van der Waals surface area contributed by atoms with Crippen molar-refractivity contribution in [3.8, 4) is 17.2 Å². The first kappa shape index (κ1) is 19.4. The van der Waals surface area contributed by atoms with Crippen molar-refractivity contribution in [2.45, 2.75) is 20.4 Å². The van der Waals surface area contributed by atoms with E-state index in [2.05, 4.69) is 20.6 Å². The number of benzene rings is 2. The van der Waals surface area contributed by atoms with Gasteiger partial charge in [0.1, 0.15) is 17.2 Å². The zero-order chi connectivity index (χ0) is 21.1. The van der Waals surface area contributed by atoms with Gasteiger partial charge in [-0.3, -0.25) is 4.79 Å². The van der Waals surface area contributed by atoms with Crippen LogP contribution in [0.3, 0.4) is 0 Å². The highest BCUT2D eigenvalue weighted by atomic mass is 16.5. The number of nitrogens with one attached hydrogen (secondary N) is 1. The van der Waals surface area contributed by atoms with Crippen LogP contribution in [0.1, 0.15) is 27.6 Å². The summed E-state index contributed by atoms with van der Waals surface area (Å²) in [5, 5.41) is 11.0. The zero-order valence-corrected chi connectivity index (χ0v) is 16.9. The standard InChI is InChI=1S/C22H21N5O3/c1-14-20(21(28)23-17-11-7-8-12-19(17)29-3)25-26-27(14)13-18-15(2)30-22(24-18)16-9-5-4-6-10-16/h4-12H,13H2,1-3H3,(H,23,28). The van der Waals surface area contributed by atoms with Gasteiger partial charge in [0.25, 0.3) is 5.91 Å². The van der Waals surface area contributed by atoms with Gasteiger partial charge >= 0.3 is 0 Å². The van der Waals surface area contributed by atoms with Gasteiger partial charge in [0.15, 0.2) is 5.69 Å². The topological polar surface area (TPSA) is 95.1 Å². The first-order valence-electron chi connectivity index (χ1n) is 9.43. The van der Waals surface area contributed by atoms with Gasteiger partial charge in [-0.25, -0.2) is 9.67 Å². The number of hydrogen-bond acceptors (Lipinski definition) is 6. The van der Waals surface area contributed by atoms with Crippen LogP contribution in [-0.4, -0.2) is 33.0 Å². The van der Waals surface area contributed by atoms with Crippen molar-refractivity contribution in [1.29, 1.82) is 0 Å². The number of para-hydroxylation sites is 2. The first-order valence-corrected chi connectivity index (χ1v) is 9.43. The molecule has 0 aliphatic carbocycles. The summed E-state index contributed by atoms with van der Waals surface area (Å²) < 4.78 is 12.7. The molecule has 0 aliphatic heterocycles. The van der Waals surface area contributed by atoms with Gasteiger partial charge in [-0.05, 0) is 38.1 Å². The summed E-state index contributed by atoms with van der Waals surface area (Å²) in [6.45, 7) is 4.00. The summed E-state index contributed by atoms with van der Waals surface area (Å²) in [5.74, 6) is 1.46. The molecule has 1 N–H and O–H groups in total. The highest BCUT2D eigenvalue weighted by molar-refractivity contribution is 6.04. The van der Waals surface area contributed by atoms with E-state index in [1.54, 1.807) is 30.8 Å². The first-order chi connectivity index (χ1) is 14.6. The van der Waals surface area contributed by atoms with Gasteiger partial charge in [-0.15, -0.1) is 5.10 Å². The summed E-state index contributed by atoms with van der Waals surface area (Å²) in [6, 6.07) is 16.9. The van der Waals surface area contributed by atoms with Gasteiger partial charge in [0, 0.05) is 5.56 Å². The smallest absolute Gasteiger partial charge is 0.278 e. The van der Waals surface area contributed by atoms with E-state index in [1.807, 2.05) is 49.4 Å². The Morgan fingerprint density at radius 3 is 2.60 bits per heavy atom. The fourth-order valence-electron chi connectivity index (χ4n) is 3.07. The number of amides is 1. The predicted molar refractivity (Wildman–Crippen MR) is 111 cm³/mol. The maximum Gasteiger partial charge on any atom is 0.278 e. The molecule has 0 aliphatic rings. The number of ether oxygens (including phenoxy) is 1. The van der Waals surface area contributed by atoms with Gasteiger partial charge in [0.05, 0.1) is 25.0 Å². The Bertz CT molecular complexity index is 1180. The lowest BCUT2D eigenvalue weighted by Crippen LogP contribution is -2.15. The number of oxazole rings is 1. The molecule has 2 aromatic carbocycles. The molecule has 1 amide bonds. The number of aryl methyl sites for hydroxylation is 1. The van der Waals surface area contributed by atoms with Crippen molar-refractivity contribution in [1.82, 2.24) is 20.0 Å². The molecule has 0 unspecified atom stereocenters. The fraction of sp³-hybridized carbons (Fsp3) is 0.182. The number of rotatable bonds is 6. The van der Waals surface area contributed by atoms with Gasteiger partial charge in [0.2, 0.25) is 5.89 Å². The predicted octanol–water partition coefficient (Wildman–Crippen LogP) is 3.86. The van der Waals surface area contributed by atoms with Crippen LogP contribution in [0.4, 0.5) is 5.69 Å².